The molecular weight excluding hydrogens is 250 g/mol. The molecular formula is C16H23N3O. The third-order valence-corrected chi connectivity index (χ3v) is 3.99. The van der Waals surface area contributed by atoms with Gasteiger partial charge in [-0.2, -0.15) is 5.26 Å². The Bertz CT molecular complexity index is 473. The van der Waals surface area contributed by atoms with Gasteiger partial charge in [0.25, 0.3) is 0 Å². The maximum absolute atomic E-state index is 9.12. The molecule has 1 saturated heterocycles. The summed E-state index contributed by atoms with van der Waals surface area (Å²) in [5, 5.41) is 12.4. The van der Waals surface area contributed by atoms with Gasteiger partial charge in [-0.05, 0) is 63.1 Å². The Morgan fingerprint density at radius 2 is 2.15 bits per heavy atom. The van der Waals surface area contributed by atoms with Gasteiger partial charge in [0, 0.05) is 6.54 Å². The van der Waals surface area contributed by atoms with E-state index in [4.69, 9.17) is 10.00 Å². The van der Waals surface area contributed by atoms with Crippen LogP contribution in [0.15, 0.2) is 18.2 Å². The average molecular weight is 273 g/mol. The molecule has 1 aromatic carbocycles. The average Bonchev–Trinajstić information content (AvgIpc) is 2.49. The minimum atomic E-state index is 0.620. The van der Waals surface area contributed by atoms with E-state index in [0.29, 0.717) is 11.3 Å². The van der Waals surface area contributed by atoms with Gasteiger partial charge in [-0.1, -0.05) is 6.07 Å². The third-order valence-electron chi connectivity index (χ3n) is 3.99. The second-order valence-electron chi connectivity index (χ2n) is 5.42. The number of methoxy groups -OCH3 is 1. The van der Waals surface area contributed by atoms with E-state index in [1.54, 1.807) is 7.11 Å². The van der Waals surface area contributed by atoms with Crippen molar-refractivity contribution in [3.8, 4) is 11.8 Å². The fourth-order valence-electron chi connectivity index (χ4n) is 2.84. The van der Waals surface area contributed by atoms with Crippen LogP contribution in [0.1, 0.15) is 24.0 Å². The predicted octanol–water partition coefficient (Wildman–Crippen LogP) is 2.00. The Kier molecular flexibility index (Phi) is 5.40. The van der Waals surface area contributed by atoms with Crippen LogP contribution in [0.3, 0.4) is 0 Å². The summed E-state index contributed by atoms with van der Waals surface area (Å²) in [6.07, 6.45) is 2.50. The molecule has 1 aromatic rings. The highest BCUT2D eigenvalue weighted by Gasteiger charge is 2.18. The fraction of sp³-hybridized carbons (Fsp3) is 0.562. The van der Waals surface area contributed by atoms with Crippen molar-refractivity contribution >= 4 is 0 Å². The van der Waals surface area contributed by atoms with Crippen molar-refractivity contribution in [2.75, 3.05) is 33.8 Å². The minimum Gasteiger partial charge on any atom is -0.495 e. The molecule has 1 aliphatic heterocycles. The smallest absolute Gasteiger partial charge is 0.136 e. The summed E-state index contributed by atoms with van der Waals surface area (Å²) in [7, 11) is 3.62. The van der Waals surface area contributed by atoms with Gasteiger partial charge < -0.3 is 10.1 Å². The molecule has 108 valence electrons. The standard InChI is InChI=1S/C16H23N3O/c1-18-11-13-5-7-19(8-6-13)12-14-3-4-16(20-2)15(9-14)10-17/h3-4,9,13,18H,5-8,11-12H2,1-2H3. The molecule has 0 saturated carbocycles. The molecule has 0 aliphatic carbocycles. The number of hydrogen-bond acceptors (Lipinski definition) is 4. The van der Waals surface area contributed by atoms with Crippen LogP contribution in [0.2, 0.25) is 0 Å². The van der Waals surface area contributed by atoms with E-state index in [-0.39, 0.29) is 0 Å². The summed E-state index contributed by atoms with van der Waals surface area (Å²) >= 11 is 0. The number of nitrogens with zero attached hydrogens (tertiary/aromatic N) is 2. The molecule has 1 N–H and O–H groups in total. The van der Waals surface area contributed by atoms with Crippen molar-refractivity contribution in [3.63, 3.8) is 0 Å². The van der Waals surface area contributed by atoms with E-state index >= 15 is 0 Å². The van der Waals surface area contributed by atoms with Gasteiger partial charge in [-0.3, -0.25) is 4.90 Å². The molecule has 1 heterocycles. The molecule has 0 radical (unpaired) electrons. The lowest BCUT2D eigenvalue weighted by molar-refractivity contribution is 0.176. The van der Waals surface area contributed by atoms with Gasteiger partial charge in [0.15, 0.2) is 0 Å². The van der Waals surface area contributed by atoms with Crippen LogP contribution in [-0.4, -0.2) is 38.7 Å². The molecule has 1 fully saturated rings. The van der Waals surface area contributed by atoms with Gasteiger partial charge >= 0.3 is 0 Å². The van der Waals surface area contributed by atoms with Crippen LogP contribution < -0.4 is 10.1 Å². The highest BCUT2D eigenvalue weighted by atomic mass is 16.5. The number of piperidine rings is 1. The number of hydrogen-bond donors (Lipinski definition) is 1. The first-order chi connectivity index (χ1) is 9.76. The van der Waals surface area contributed by atoms with Crippen LogP contribution in [0.5, 0.6) is 5.75 Å². The van der Waals surface area contributed by atoms with Crippen molar-refractivity contribution in [1.82, 2.24) is 10.2 Å². The lowest BCUT2D eigenvalue weighted by Gasteiger charge is -2.31. The Morgan fingerprint density at radius 3 is 2.75 bits per heavy atom. The molecule has 1 aliphatic rings. The van der Waals surface area contributed by atoms with E-state index in [1.807, 2.05) is 19.2 Å². The minimum absolute atomic E-state index is 0.620. The highest BCUT2D eigenvalue weighted by molar-refractivity contribution is 5.45. The molecule has 4 heteroatoms. The lowest BCUT2D eigenvalue weighted by atomic mass is 9.96. The van der Waals surface area contributed by atoms with Crippen LogP contribution in [0, 0.1) is 17.2 Å². The first-order valence-electron chi connectivity index (χ1n) is 7.20. The summed E-state index contributed by atoms with van der Waals surface area (Å²) < 4.78 is 5.18. The monoisotopic (exact) mass is 273 g/mol. The van der Waals surface area contributed by atoms with Gasteiger partial charge in [0.2, 0.25) is 0 Å². The quantitative estimate of drug-likeness (QED) is 0.891. The van der Waals surface area contributed by atoms with Gasteiger partial charge in [0.05, 0.1) is 12.7 Å². The summed E-state index contributed by atoms with van der Waals surface area (Å²) in [5.74, 6) is 1.46. The number of rotatable bonds is 5. The SMILES string of the molecule is CNCC1CCN(Cc2ccc(OC)c(C#N)c2)CC1. The van der Waals surface area contributed by atoms with Crippen molar-refractivity contribution in [3.05, 3.63) is 29.3 Å². The van der Waals surface area contributed by atoms with Crippen molar-refractivity contribution in [1.29, 1.82) is 5.26 Å². The fourth-order valence-corrected chi connectivity index (χ4v) is 2.84. The molecule has 20 heavy (non-hydrogen) atoms. The van der Waals surface area contributed by atoms with E-state index in [2.05, 4.69) is 22.4 Å². The van der Waals surface area contributed by atoms with Crippen LogP contribution >= 0.6 is 0 Å². The number of nitrogens with one attached hydrogen (secondary N) is 1. The molecule has 4 nitrogen and oxygen atoms in total. The number of benzene rings is 1. The second kappa shape index (κ2) is 7.28. The first-order valence-corrected chi connectivity index (χ1v) is 7.20. The Balaban J connectivity index is 1.93. The Labute approximate surface area is 121 Å². The first kappa shape index (κ1) is 14.8. The molecule has 0 atom stereocenters. The van der Waals surface area contributed by atoms with Crippen molar-refractivity contribution in [2.45, 2.75) is 19.4 Å². The van der Waals surface area contributed by atoms with Crippen LogP contribution in [0.4, 0.5) is 0 Å². The number of ether oxygens (including phenoxy) is 1. The van der Waals surface area contributed by atoms with E-state index < -0.39 is 0 Å². The van der Waals surface area contributed by atoms with E-state index in [9.17, 15) is 0 Å². The maximum atomic E-state index is 9.12. The molecule has 2 rings (SSSR count). The third kappa shape index (κ3) is 3.72. The zero-order valence-corrected chi connectivity index (χ0v) is 12.4. The Morgan fingerprint density at radius 1 is 1.40 bits per heavy atom. The summed E-state index contributed by atoms with van der Waals surface area (Å²) in [6.45, 7) is 4.32. The van der Waals surface area contributed by atoms with Gasteiger partial charge in [0.1, 0.15) is 11.8 Å². The molecule has 0 unspecified atom stereocenters. The largest absolute Gasteiger partial charge is 0.495 e. The van der Waals surface area contributed by atoms with Gasteiger partial charge in [-0.15, -0.1) is 0 Å². The van der Waals surface area contributed by atoms with Gasteiger partial charge in [-0.25, -0.2) is 0 Å². The number of likely N-dealkylation sites (tertiary alicyclic amines) is 1. The molecule has 0 spiro atoms. The molecule has 0 amide bonds. The van der Waals surface area contributed by atoms with Crippen molar-refractivity contribution in [2.24, 2.45) is 5.92 Å². The molecule has 0 bridgehead atoms. The van der Waals surface area contributed by atoms with Crippen LogP contribution in [0.25, 0.3) is 0 Å². The summed E-state index contributed by atoms with van der Waals surface area (Å²) in [6, 6.07) is 8.08. The summed E-state index contributed by atoms with van der Waals surface area (Å²) in [4.78, 5) is 2.47. The van der Waals surface area contributed by atoms with Crippen LogP contribution in [-0.2, 0) is 6.54 Å². The topological polar surface area (TPSA) is 48.3 Å². The summed E-state index contributed by atoms with van der Waals surface area (Å²) in [5.41, 5.74) is 1.81. The maximum Gasteiger partial charge on any atom is 0.136 e. The molecule has 0 aromatic heterocycles. The zero-order valence-electron chi connectivity index (χ0n) is 12.4. The highest BCUT2D eigenvalue weighted by Crippen LogP contribution is 2.22. The van der Waals surface area contributed by atoms with Crippen molar-refractivity contribution < 1.29 is 4.74 Å². The van der Waals surface area contributed by atoms with E-state index in [0.717, 1.165) is 32.1 Å². The zero-order chi connectivity index (χ0) is 14.4. The number of nitriles is 1. The lowest BCUT2D eigenvalue weighted by Crippen LogP contribution is -2.36. The second-order valence-corrected chi connectivity index (χ2v) is 5.42. The van der Waals surface area contributed by atoms with E-state index in [1.165, 1.54) is 18.4 Å². The Hall–Kier alpha value is -1.57. The normalized spacial score (nSPS) is 16.9. The predicted molar refractivity (Wildman–Crippen MR) is 79.6 cm³/mol.